The highest BCUT2D eigenvalue weighted by atomic mass is 19.1. The van der Waals surface area contributed by atoms with Crippen LogP contribution in [0.5, 0.6) is 0 Å². The van der Waals surface area contributed by atoms with Gasteiger partial charge in [0.1, 0.15) is 5.82 Å². The fraction of sp³-hybridized carbons (Fsp3) is 0.333. The zero-order valence-corrected chi connectivity index (χ0v) is 16.6. The van der Waals surface area contributed by atoms with Crippen LogP contribution < -0.4 is 5.56 Å². The summed E-state index contributed by atoms with van der Waals surface area (Å²) >= 11 is 0. The molecular weight excluding hydrogens is 367 g/mol. The van der Waals surface area contributed by atoms with E-state index in [1.165, 1.54) is 18.2 Å². The number of nitrogens with zero attached hydrogens (tertiary/aromatic N) is 1. The molecule has 1 aliphatic heterocycles. The Morgan fingerprint density at radius 3 is 2.76 bits per heavy atom. The van der Waals surface area contributed by atoms with Crippen LogP contribution in [0.3, 0.4) is 0 Å². The van der Waals surface area contributed by atoms with Crippen LogP contribution in [0, 0.1) is 18.7 Å². The van der Waals surface area contributed by atoms with Crippen molar-refractivity contribution in [3.8, 4) is 0 Å². The van der Waals surface area contributed by atoms with E-state index in [-0.39, 0.29) is 17.3 Å². The first-order valence-electron chi connectivity index (χ1n) is 10.2. The van der Waals surface area contributed by atoms with Gasteiger partial charge >= 0.3 is 0 Å². The minimum atomic E-state index is -0.255. The van der Waals surface area contributed by atoms with Crippen molar-refractivity contribution in [2.75, 3.05) is 13.1 Å². The highest BCUT2D eigenvalue weighted by Gasteiger charge is 2.25. The summed E-state index contributed by atoms with van der Waals surface area (Å²) in [4.78, 5) is 30.0. The molecule has 0 aliphatic carbocycles. The van der Waals surface area contributed by atoms with Gasteiger partial charge in [-0.15, -0.1) is 0 Å². The zero-order valence-electron chi connectivity index (χ0n) is 16.6. The van der Waals surface area contributed by atoms with Gasteiger partial charge in [-0.05, 0) is 68.4 Å². The van der Waals surface area contributed by atoms with Gasteiger partial charge in [-0.2, -0.15) is 0 Å². The largest absolute Gasteiger partial charge is 0.338 e. The van der Waals surface area contributed by atoms with E-state index in [1.54, 1.807) is 0 Å². The minimum Gasteiger partial charge on any atom is -0.338 e. The lowest BCUT2D eigenvalue weighted by Gasteiger charge is -2.33. The van der Waals surface area contributed by atoms with Crippen molar-refractivity contribution in [2.45, 2.75) is 32.6 Å². The number of benzene rings is 2. The first kappa shape index (κ1) is 19.4. The molecule has 0 saturated carbocycles. The van der Waals surface area contributed by atoms with E-state index in [9.17, 15) is 14.0 Å². The Kier molecular flexibility index (Phi) is 5.47. The Bertz CT molecular complexity index is 1090. The Morgan fingerprint density at radius 2 is 1.97 bits per heavy atom. The summed E-state index contributed by atoms with van der Waals surface area (Å²) in [6.45, 7) is 3.39. The SMILES string of the molecule is Cc1ccc2[nH]c(=O)cc(C(=O)N3CCCC(CCc4ccc(F)cc4)C3)c2c1. The molecule has 150 valence electrons. The number of likely N-dealkylation sites (tertiary alicyclic amines) is 1. The van der Waals surface area contributed by atoms with Gasteiger partial charge in [-0.1, -0.05) is 23.8 Å². The number of hydrogen-bond donors (Lipinski definition) is 1. The molecule has 1 N–H and O–H groups in total. The number of carbonyl (C=O) groups excluding carboxylic acids is 1. The number of aromatic amines is 1. The summed E-state index contributed by atoms with van der Waals surface area (Å²) in [6, 6.07) is 13.8. The van der Waals surface area contributed by atoms with Crippen molar-refractivity contribution < 1.29 is 9.18 Å². The van der Waals surface area contributed by atoms with Crippen molar-refractivity contribution in [3.63, 3.8) is 0 Å². The Hall–Kier alpha value is -2.95. The highest BCUT2D eigenvalue weighted by Crippen LogP contribution is 2.25. The van der Waals surface area contributed by atoms with Gasteiger partial charge in [0.05, 0.1) is 5.56 Å². The number of halogens is 1. The number of pyridine rings is 1. The van der Waals surface area contributed by atoms with Gasteiger partial charge < -0.3 is 9.88 Å². The van der Waals surface area contributed by atoms with E-state index in [0.29, 0.717) is 30.1 Å². The average Bonchev–Trinajstić information content (AvgIpc) is 2.73. The molecule has 4 nitrogen and oxygen atoms in total. The molecule has 0 spiro atoms. The third-order valence-corrected chi connectivity index (χ3v) is 5.79. The number of aryl methyl sites for hydroxylation is 2. The fourth-order valence-corrected chi connectivity index (χ4v) is 4.22. The molecule has 2 heterocycles. The second kappa shape index (κ2) is 8.19. The number of aromatic nitrogens is 1. The molecule has 5 heteroatoms. The topological polar surface area (TPSA) is 53.2 Å². The van der Waals surface area contributed by atoms with Crippen LogP contribution in [0.25, 0.3) is 10.9 Å². The van der Waals surface area contributed by atoms with Crippen molar-refractivity contribution in [2.24, 2.45) is 5.92 Å². The van der Waals surface area contributed by atoms with Crippen LogP contribution in [0.1, 0.15) is 40.7 Å². The molecular formula is C24H25FN2O2. The molecule has 1 aliphatic rings. The fourth-order valence-electron chi connectivity index (χ4n) is 4.22. The number of fused-ring (bicyclic) bond motifs is 1. The second-order valence-electron chi connectivity index (χ2n) is 8.02. The lowest BCUT2D eigenvalue weighted by molar-refractivity contribution is 0.0670. The standard InChI is InChI=1S/C24H25FN2O2/c1-16-4-11-22-20(13-16)21(14-23(28)26-22)24(29)27-12-2-3-18(15-27)6-5-17-7-9-19(25)10-8-17/h4,7-11,13-14,18H,2-3,5-6,12,15H2,1H3,(H,26,28). The van der Waals surface area contributed by atoms with Crippen LogP contribution >= 0.6 is 0 Å². The van der Waals surface area contributed by atoms with Crippen LogP contribution in [-0.4, -0.2) is 28.9 Å². The molecule has 0 radical (unpaired) electrons. The molecule has 1 amide bonds. The van der Waals surface area contributed by atoms with E-state index in [1.807, 2.05) is 42.2 Å². The van der Waals surface area contributed by atoms with Crippen molar-refractivity contribution >= 4 is 16.8 Å². The maximum atomic E-state index is 13.3. The van der Waals surface area contributed by atoms with Gasteiger partial charge in [0.25, 0.3) is 5.91 Å². The van der Waals surface area contributed by atoms with Gasteiger partial charge in [0.2, 0.25) is 5.56 Å². The van der Waals surface area contributed by atoms with Crippen molar-refractivity contribution in [3.05, 3.63) is 81.4 Å². The molecule has 1 unspecified atom stereocenters. The van der Waals surface area contributed by atoms with Gasteiger partial charge in [0.15, 0.2) is 0 Å². The second-order valence-corrected chi connectivity index (χ2v) is 8.02. The summed E-state index contributed by atoms with van der Waals surface area (Å²) in [5.41, 5.74) is 3.08. The summed E-state index contributed by atoms with van der Waals surface area (Å²) in [5, 5.41) is 0.794. The third-order valence-electron chi connectivity index (χ3n) is 5.79. The summed E-state index contributed by atoms with van der Waals surface area (Å²) < 4.78 is 13.1. The number of rotatable bonds is 4. The average molecular weight is 392 g/mol. The van der Waals surface area contributed by atoms with Crippen molar-refractivity contribution in [1.29, 1.82) is 0 Å². The molecule has 3 aromatic rings. The lowest BCUT2D eigenvalue weighted by atomic mass is 9.91. The first-order chi connectivity index (χ1) is 14.0. The van der Waals surface area contributed by atoms with Crippen LogP contribution in [0.2, 0.25) is 0 Å². The summed E-state index contributed by atoms with van der Waals surface area (Å²) in [7, 11) is 0. The predicted octanol–water partition coefficient (Wildman–Crippen LogP) is 4.46. The van der Waals surface area contributed by atoms with Gasteiger partial charge in [0, 0.05) is 30.1 Å². The lowest BCUT2D eigenvalue weighted by Crippen LogP contribution is -2.40. The quantitative estimate of drug-likeness (QED) is 0.713. The Labute approximate surface area is 169 Å². The molecule has 29 heavy (non-hydrogen) atoms. The Balaban J connectivity index is 1.50. The Morgan fingerprint density at radius 1 is 1.17 bits per heavy atom. The molecule has 0 bridgehead atoms. The predicted molar refractivity (Wildman–Crippen MR) is 113 cm³/mol. The van der Waals surface area contributed by atoms with Crippen LogP contribution in [0.15, 0.2) is 53.3 Å². The number of amides is 1. The number of piperidine rings is 1. The molecule has 2 aromatic carbocycles. The van der Waals surface area contributed by atoms with Crippen LogP contribution in [-0.2, 0) is 6.42 Å². The first-order valence-corrected chi connectivity index (χ1v) is 10.2. The van der Waals surface area contributed by atoms with E-state index in [0.717, 1.165) is 42.2 Å². The number of carbonyl (C=O) groups is 1. The monoisotopic (exact) mass is 392 g/mol. The molecule has 4 rings (SSSR count). The number of H-pyrrole nitrogens is 1. The van der Waals surface area contributed by atoms with E-state index in [2.05, 4.69) is 4.98 Å². The normalized spacial score (nSPS) is 16.9. The van der Waals surface area contributed by atoms with Crippen molar-refractivity contribution in [1.82, 2.24) is 9.88 Å². The summed E-state index contributed by atoms with van der Waals surface area (Å²) in [6.07, 6.45) is 3.88. The minimum absolute atomic E-state index is 0.0711. The highest BCUT2D eigenvalue weighted by molar-refractivity contribution is 6.06. The molecule has 1 saturated heterocycles. The maximum absolute atomic E-state index is 13.3. The van der Waals surface area contributed by atoms with Gasteiger partial charge in [-0.3, -0.25) is 9.59 Å². The zero-order chi connectivity index (χ0) is 20.4. The molecule has 1 atom stereocenters. The molecule has 1 aromatic heterocycles. The maximum Gasteiger partial charge on any atom is 0.254 e. The number of hydrogen-bond acceptors (Lipinski definition) is 2. The summed E-state index contributed by atoms with van der Waals surface area (Å²) in [5.74, 6) is 0.120. The smallest absolute Gasteiger partial charge is 0.254 e. The van der Waals surface area contributed by atoms with Crippen LogP contribution in [0.4, 0.5) is 4.39 Å². The van der Waals surface area contributed by atoms with E-state index < -0.39 is 0 Å². The van der Waals surface area contributed by atoms with E-state index in [4.69, 9.17) is 0 Å². The van der Waals surface area contributed by atoms with E-state index >= 15 is 0 Å². The third kappa shape index (κ3) is 4.39. The number of nitrogens with one attached hydrogen (secondary N) is 1. The van der Waals surface area contributed by atoms with Gasteiger partial charge in [-0.25, -0.2) is 4.39 Å². The molecule has 1 fully saturated rings.